The van der Waals surface area contributed by atoms with E-state index in [4.69, 9.17) is 9.15 Å². The van der Waals surface area contributed by atoms with Crippen LogP contribution in [-0.2, 0) is 11.2 Å². The van der Waals surface area contributed by atoms with Gasteiger partial charge in [0.25, 0.3) is 0 Å². The molecule has 1 N–H and O–H groups in total. The summed E-state index contributed by atoms with van der Waals surface area (Å²) in [6.45, 7) is 6.91. The molecule has 1 aromatic heterocycles. The van der Waals surface area contributed by atoms with Gasteiger partial charge in [-0.1, -0.05) is 0 Å². The molecule has 1 heterocycles. The maximum atomic E-state index is 5.74. The molecule has 1 rings (SSSR count). The summed E-state index contributed by atoms with van der Waals surface area (Å²) in [6, 6.07) is 2.32. The lowest BCUT2D eigenvalue weighted by atomic mass is 10.1. The number of rotatable bonds is 5. The minimum Gasteiger partial charge on any atom is -0.472 e. The van der Waals surface area contributed by atoms with E-state index in [1.807, 2.05) is 13.1 Å². The third-order valence-electron chi connectivity index (χ3n) is 2.19. The first-order chi connectivity index (χ1) is 7.01. The maximum Gasteiger partial charge on any atom is 0.0935 e. The Hall–Kier alpha value is -0.800. The molecule has 0 saturated heterocycles. The van der Waals surface area contributed by atoms with Gasteiger partial charge in [0.05, 0.1) is 24.7 Å². The molecule has 3 nitrogen and oxygen atoms in total. The van der Waals surface area contributed by atoms with E-state index in [0.717, 1.165) is 6.42 Å². The molecule has 0 spiro atoms. The van der Waals surface area contributed by atoms with Gasteiger partial charge in [-0.25, -0.2) is 0 Å². The summed E-state index contributed by atoms with van der Waals surface area (Å²) in [5.74, 6) is 0. The van der Waals surface area contributed by atoms with Crippen LogP contribution < -0.4 is 5.32 Å². The van der Waals surface area contributed by atoms with Crippen LogP contribution in [-0.4, -0.2) is 25.3 Å². The van der Waals surface area contributed by atoms with Crippen LogP contribution in [0.2, 0.25) is 0 Å². The van der Waals surface area contributed by atoms with E-state index < -0.39 is 0 Å². The first-order valence-electron chi connectivity index (χ1n) is 5.33. The average molecular weight is 211 g/mol. The summed E-state index contributed by atoms with van der Waals surface area (Å²) < 4.78 is 10.8. The smallest absolute Gasteiger partial charge is 0.0935 e. The lowest BCUT2D eigenvalue weighted by Gasteiger charge is -2.24. The van der Waals surface area contributed by atoms with Crippen molar-refractivity contribution in [3.63, 3.8) is 0 Å². The van der Waals surface area contributed by atoms with Gasteiger partial charge >= 0.3 is 0 Å². The highest BCUT2D eigenvalue weighted by Crippen LogP contribution is 2.10. The highest BCUT2D eigenvalue weighted by Gasteiger charge is 2.14. The minimum absolute atomic E-state index is 0.0779. The maximum absolute atomic E-state index is 5.74. The number of nitrogens with one attached hydrogen (secondary N) is 1. The van der Waals surface area contributed by atoms with Gasteiger partial charge in [-0.15, -0.1) is 0 Å². The average Bonchev–Trinajstić information content (AvgIpc) is 2.63. The molecule has 0 saturated carbocycles. The van der Waals surface area contributed by atoms with E-state index in [9.17, 15) is 0 Å². The fourth-order valence-electron chi connectivity index (χ4n) is 1.29. The first kappa shape index (κ1) is 12.3. The van der Waals surface area contributed by atoms with E-state index >= 15 is 0 Å². The number of ether oxygens (including phenoxy) is 1. The monoisotopic (exact) mass is 211 g/mol. The summed E-state index contributed by atoms with van der Waals surface area (Å²) in [4.78, 5) is 0. The predicted octanol–water partition coefficient (Wildman–Crippen LogP) is 2.23. The Kier molecular flexibility index (Phi) is 4.36. The Labute approximate surface area is 91.8 Å². The van der Waals surface area contributed by atoms with Gasteiger partial charge in [-0.2, -0.15) is 0 Å². The predicted molar refractivity (Wildman–Crippen MR) is 61.0 cm³/mol. The van der Waals surface area contributed by atoms with Crippen LogP contribution in [0.1, 0.15) is 26.3 Å². The van der Waals surface area contributed by atoms with Crippen LogP contribution in [0.3, 0.4) is 0 Å². The van der Waals surface area contributed by atoms with Crippen molar-refractivity contribution in [2.24, 2.45) is 0 Å². The number of furan rings is 1. The minimum atomic E-state index is -0.0779. The van der Waals surface area contributed by atoms with Crippen molar-refractivity contribution in [3.8, 4) is 0 Å². The van der Waals surface area contributed by atoms with Gasteiger partial charge in [0, 0.05) is 6.04 Å². The van der Waals surface area contributed by atoms with Crippen molar-refractivity contribution >= 4 is 0 Å². The van der Waals surface area contributed by atoms with E-state index in [1.165, 1.54) is 5.56 Å². The second-order valence-electron chi connectivity index (χ2n) is 4.74. The topological polar surface area (TPSA) is 34.4 Å². The van der Waals surface area contributed by atoms with Gasteiger partial charge in [0.15, 0.2) is 0 Å². The Morgan fingerprint density at radius 3 is 2.67 bits per heavy atom. The molecule has 0 aliphatic heterocycles. The Morgan fingerprint density at radius 2 is 2.20 bits per heavy atom. The molecule has 15 heavy (non-hydrogen) atoms. The Bertz CT molecular complexity index is 262. The molecule has 0 aliphatic carbocycles. The lowest BCUT2D eigenvalue weighted by molar-refractivity contribution is -0.0134. The van der Waals surface area contributed by atoms with Gasteiger partial charge in [0.1, 0.15) is 0 Å². The van der Waals surface area contributed by atoms with Gasteiger partial charge in [0.2, 0.25) is 0 Å². The molecule has 0 fully saturated rings. The fraction of sp³-hybridized carbons (Fsp3) is 0.667. The summed E-state index contributed by atoms with van der Waals surface area (Å²) in [5.41, 5.74) is 1.12. The molecular weight excluding hydrogens is 190 g/mol. The van der Waals surface area contributed by atoms with E-state index in [0.29, 0.717) is 12.6 Å². The number of hydrogen-bond acceptors (Lipinski definition) is 3. The third kappa shape index (κ3) is 5.00. The van der Waals surface area contributed by atoms with E-state index in [2.05, 4.69) is 26.1 Å². The van der Waals surface area contributed by atoms with Crippen LogP contribution in [0.25, 0.3) is 0 Å². The van der Waals surface area contributed by atoms with Gasteiger partial charge < -0.3 is 14.5 Å². The first-order valence-corrected chi connectivity index (χ1v) is 5.33. The van der Waals surface area contributed by atoms with Crippen LogP contribution in [0.5, 0.6) is 0 Å². The van der Waals surface area contributed by atoms with Crippen molar-refractivity contribution in [3.05, 3.63) is 24.2 Å². The van der Waals surface area contributed by atoms with E-state index in [-0.39, 0.29) is 5.60 Å². The zero-order chi connectivity index (χ0) is 11.3. The third-order valence-corrected chi connectivity index (χ3v) is 2.19. The summed E-state index contributed by atoms with van der Waals surface area (Å²) >= 11 is 0. The van der Waals surface area contributed by atoms with Crippen molar-refractivity contribution in [2.75, 3.05) is 13.7 Å². The Morgan fingerprint density at radius 1 is 1.47 bits per heavy atom. The number of likely N-dealkylation sites (N-methyl/N-ethyl adjacent to an activating group) is 1. The highest BCUT2D eigenvalue weighted by atomic mass is 16.5. The fourth-order valence-corrected chi connectivity index (χ4v) is 1.29. The van der Waals surface area contributed by atoms with Gasteiger partial charge in [-0.05, 0) is 45.9 Å². The molecule has 86 valence electrons. The van der Waals surface area contributed by atoms with Crippen molar-refractivity contribution in [1.29, 1.82) is 0 Å². The van der Waals surface area contributed by atoms with Crippen LogP contribution in [0.4, 0.5) is 0 Å². The van der Waals surface area contributed by atoms with Gasteiger partial charge in [-0.3, -0.25) is 0 Å². The second kappa shape index (κ2) is 5.33. The highest BCUT2D eigenvalue weighted by molar-refractivity contribution is 5.07. The van der Waals surface area contributed by atoms with Crippen LogP contribution >= 0.6 is 0 Å². The van der Waals surface area contributed by atoms with E-state index in [1.54, 1.807) is 12.5 Å². The molecule has 0 amide bonds. The van der Waals surface area contributed by atoms with Crippen molar-refractivity contribution in [2.45, 2.75) is 38.8 Å². The second-order valence-corrected chi connectivity index (χ2v) is 4.74. The quantitative estimate of drug-likeness (QED) is 0.811. The normalized spacial score (nSPS) is 14.1. The molecule has 0 bridgehead atoms. The number of hydrogen-bond donors (Lipinski definition) is 1. The SMILES string of the molecule is CNC(COC(C)(C)C)Cc1ccoc1. The molecule has 0 aliphatic rings. The zero-order valence-electron chi connectivity index (χ0n) is 10.0. The molecule has 1 unspecified atom stereocenters. The molecule has 0 radical (unpaired) electrons. The van der Waals surface area contributed by atoms with Crippen LogP contribution in [0, 0.1) is 0 Å². The molecular formula is C12H21NO2. The largest absolute Gasteiger partial charge is 0.472 e. The zero-order valence-corrected chi connectivity index (χ0v) is 10.0. The molecule has 3 heteroatoms. The van der Waals surface area contributed by atoms with Crippen molar-refractivity contribution < 1.29 is 9.15 Å². The Balaban J connectivity index is 2.36. The summed E-state index contributed by atoms with van der Waals surface area (Å²) in [5, 5.41) is 3.25. The molecule has 1 aromatic rings. The van der Waals surface area contributed by atoms with Crippen LogP contribution in [0.15, 0.2) is 23.0 Å². The molecule has 1 atom stereocenters. The standard InChI is InChI=1S/C12H21NO2/c1-12(2,3)15-9-11(13-4)7-10-5-6-14-8-10/h5-6,8,11,13H,7,9H2,1-4H3. The summed E-state index contributed by atoms with van der Waals surface area (Å²) in [6.07, 6.45) is 4.41. The lowest BCUT2D eigenvalue weighted by Crippen LogP contribution is -2.36. The summed E-state index contributed by atoms with van der Waals surface area (Å²) in [7, 11) is 1.96. The molecule has 0 aromatic carbocycles. The van der Waals surface area contributed by atoms with Crippen molar-refractivity contribution in [1.82, 2.24) is 5.32 Å².